The van der Waals surface area contributed by atoms with E-state index in [2.05, 4.69) is 10.3 Å². The zero-order chi connectivity index (χ0) is 15.5. The minimum Gasteiger partial charge on any atom is -0.267 e. The lowest BCUT2D eigenvalue weighted by molar-refractivity contribution is -0.384. The van der Waals surface area contributed by atoms with Crippen molar-refractivity contribution in [2.45, 2.75) is 0 Å². The molecule has 1 heterocycles. The lowest BCUT2D eigenvalue weighted by Crippen LogP contribution is -2.08. The Morgan fingerprint density at radius 2 is 1.86 bits per heavy atom. The standard InChI is InChI=1S/C15H10N4O3/c20-15(18-14-4-2-1-3-13(14)16-17-18)10-7-11-5-8-12(9-6-11)19(21)22/h1-10H/b10-7-. The van der Waals surface area contributed by atoms with Gasteiger partial charge in [0.2, 0.25) is 0 Å². The number of hydrogen-bond donors (Lipinski definition) is 0. The fraction of sp³-hybridized carbons (Fsp3) is 0. The van der Waals surface area contributed by atoms with Gasteiger partial charge in [-0.05, 0) is 35.9 Å². The monoisotopic (exact) mass is 294 g/mol. The number of nitro groups is 1. The summed E-state index contributed by atoms with van der Waals surface area (Å²) in [4.78, 5) is 22.2. The highest BCUT2D eigenvalue weighted by Gasteiger charge is 2.08. The molecule has 1 aromatic heterocycles. The molecule has 0 bridgehead atoms. The van der Waals surface area contributed by atoms with E-state index in [1.165, 1.54) is 22.9 Å². The fourth-order valence-electron chi connectivity index (χ4n) is 1.98. The molecule has 7 heteroatoms. The summed E-state index contributed by atoms with van der Waals surface area (Å²) in [5, 5.41) is 18.3. The van der Waals surface area contributed by atoms with Crippen LogP contribution < -0.4 is 0 Å². The Balaban J connectivity index is 1.83. The number of allylic oxidation sites excluding steroid dienone is 1. The molecule has 0 radical (unpaired) electrons. The van der Waals surface area contributed by atoms with Gasteiger partial charge < -0.3 is 0 Å². The molecule has 0 N–H and O–H groups in total. The van der Waals surface area contributed by atoms with Crippen LogP contribution in [0.4, 0.5) is 5.69 Å². The Morgan fingerprint density at radius 3 is 2.59 bits per heavy atom. The molecule has 0 aliphatic rings. The predicted octanol–water partition coefficient (Wildman–Crippen LogP) is 2.69. The zero-order valence-electron chi connectivity index (χ0n) is 11.3. The second-order valence-electron chi connectivity index (χ2n) is 4.51. The molecule has 0 saturated heterocycles. The lowest BCUT2D eigenvalue weighted by Gasteiger charge is -1.96. The van der Waals surface area contributed by atoms with Crippen molar-refractivity contribution in [3.8, 4) is 0 Å². The summed E-state index contributed by atoms with van der Waals surface area (Å²) in [5.41, 5.74) is 1.95. The van der Waals surface area contributed by atoms with E-state index in [9.17, 15) is 14.9 Å². The van der Waals surface area contributed by atoms with Crippen LogP contribution in [0, 0.1) is 10.1 Å². The van der Waals surface area contributed by atoms with Crippen LogP contribution in [0.5, 0.6) is 0 Å². The second kappa shape index (κ2) is 5.57. The fourth-order valence-corrected chi connectivity index (χ4v) is 1.98. The van der Waals surface area contributed by atoms with E-state index < -0.39 is 4.92 Å². The number of rotatable bonds is 3. The number of fused-ring (bicyclic) bond motifs is 1. The molecule has 3 rings (SSSR count). The van der Waals surface area contributed by atoms with Gasteiger partial charge in [0.25, 0.3) is 11.6 Å². The summed E-state index contributed by atoms with van der Waals surface area (Å²) in [6, 6.07) is 13.1. The minimum atomic E-state index is -0.472. The molecule has 0 aliphatic carbocycles. The van der Waals surface area contributed by atoms with Crippen molar-refractivity contribution in [2.75, 3.05) is 0 Å². The van der Waals surface area contributed by atoms with Gasteiger partial charge in [0, 0.05) is 18.2 Å². The summed E-state index contributed by atoms with van der Waals surface area (Å²) in [6.07, 6.45) is 2.92. The second-order valence-corrected chi connectivity index (χ2v) is 4.51. The molecule has 2 aromatic carbocycles. The van der Waals surface area contributed by atoms with Crippen LogP contribution in [0.25, 0.3) is 17.1 Å². The lowest BCUT2D eigenvalue weighted by atomic mass is 10.2. The highest BCUT2D eigenvalue weighted by molar-refractivity contribution is 5.98. The molecular weight excluding hydrogens is 284 g/mol. The van der Waals surface area contributed by atoms with Crippen LogP contribution in [0.15, 0.2) is 54.6 Å². The summed E-state index contributed by atoms with van der Waals surface area (Å²) >= 11 is 0. The molecule has 0 aliphatic heterocycles. The average Bonchev–Trinajstić information content (AvgIpc) is 2.97. The topological polar surface area (TPSA) is 90.9 Å². The molecule has 0 amide bonds. The molecule has 0 atom stereocenters. The zero-order valence-corrected chi connectivity index (χ0v) is 11.3. The van der Waals surface area contributed by atoms with Gasteiger partial charge in [-0.2, -0.15) is 4.68 Å². The average molecular weight is 294 g/mol. The van der Waals surface area contributed by atoms with Crippen LogP contribution in [0.3, 0.4) is 0 Å². The Morgan fingerprint density at radius 1 is 1.14 bits per heavy atom. The van der Waals surface area contributed by atoms with Gasteiger partial charge in [-0.25, -0.2) is 0 Å². The maximum atomic E-state index is 12.1. The van der Waals surface area contributed by atoms with Crippen molar-refractivity contribution in [2.24, 2.45) is 0 Å². The molecule has 0 unspecified atom stereocenters. The van der Waals surface area contributed by atoms with Gasteiger partial charge in [-0.3, -0.25) is 14.9 Å². The third kappa shape index (κ3) is 2.59. The van der Waals surface area contributed by atoms with Gasteiger partial charge in [-0.15, -0.1) is 5.10 Å². The Labute approximate surface area is 124 Å². The normalized spacial score (nSPS) is 11.1. The molecule has 108 valence electrons. The molecule has 0 fully saturated rings. The Bertz CT molecular complexity index is 881. The highest BCUT2D eigenvalue weighted by atomic mass is 16.6. The number of carbonyl (C=O) groups excluding carboxylic acids is 1. The Kier molecular flexibility index (Phi) is 3.45. The number of para-hydroxylation sites is 1. The largest absolute Gasteiger partial charge is 0.272 e. The number of nitro benzene ring substituents is 1. The van der Waals surface area contributed by atoms with E-state index in [4.69, 9.17) is 0 Å². The first kappa shape index (κ1) is 13.6. The van der Waals surface area contributed by atoms with Crippen LogP contribution in [0.2, 0.25) is 0 Å². The van der Waals surface area contributed by atoms with E-state index in [-0.39, 0.29) is 11.6 Å². The maximum Gasteiger partial charge on any atom is 0.272 e. The van der Waals surface area contributed by atoms with Crippen molar-refractivity contribution in [3.63, 3.8) is 0 Å². The first-order valence-electron chi connectivity index (χ1n) is 6.42. The summed E-state index contributed by atoms with van der Waals surface area (Å²) < 4.78 is 1.21. The van der Waals surface area contributed by atoms with E-state index in [1.807, 2.05) is 6.07 Å². The maximum absolute atomic E-state index is 12.1. The van der Waals surface area contributed by atoms with E-state index in [0.717, 1.165) is 0 Å². The number of hydrogen-bond acceptors (Lipinski definition) is 5. The molecule has 0 saturated carbocycles. The van der Waals surface area contributed by atoms with Crippen molar-refractivity contribution in [1.29, 1.82) is 0 Å². The number of aromatic nitrogens is 3. The number of benzene rings is 2. The molecule has 0 spiro atoms. The van der Waals surface area contributed by atoms with Crippen molar-refractivity contribution in [3.05, 3.63) is 70.3 Å². The van der Waals surface area contributed by atoms with Crippen LogP contribution >= 0.6 is 0 Å². The number of carbonyl (C=O) groups is 1. The molecule has 3 aromatic rings. The third-order valence-corrected chi connectivity index (χ3v) is 3.08. The highest BCUT2D eigenvalue weighted by Crippen LogP contribution is 2.13. The summed E-state index contributed by atoms with van der Waals surface area (Å²) in [5.74, 6) is -0.341. The molecule has 22 heavy (non-hydrogen) atoms. The van der Waals surface area contributed by atoms with Crippen LogP contribution in [-0.4, -0.2) is 25.8 Å². The smallest absolute Gasteiger partial charge is 0.267 e. The minimum absolute atomic E-state index is 0.00532. The number of nitrogens with zero attached hydrogens (tertiary/aromatic N) is 4. The quantitative estimate of drug-likeness (QED) is 0.421. The number of non-ortho nitro benzene ring substituents is 1. The van der Waals surface area contributed by atoms with Gasteiger partial charge in [0.1, 0.15) is 5.52 Å². The van der Waals surface area contributed by atoms with E-state index in [1.54, 1.807) is 36.4 Å². The summed E-state index contributed by atoms with van der Waals surface area (Å²) in [7, 11) is 0. The van der Waals surface area contributed by atoms with Gasteiger partial charge >= 0.3 is 0 Å². The van der Waals surface area contributed by atoms with Crippen LogP contribution in [0.1, 0.15) is 10.4 Å². The Hall–Kier alpha value is -3.35. The van der Waals surface area contributed by atoms with Gasteiger partial charge in [-0.1, -0.05) is 17.3 Å². The van der Waals surface area contributed by atoms with Crippen molar-refractivity contribution < 1.29 is 9.72 Å². The SMILES string of the molecule is O=C(/C=C\c1ccc([N+](=O)[O-])cc1)n1nnc2ccccc21. The van der Waals surface area contributed by atoms with Crippen LogP contribution in [-0.2, 0) is 0 Å². The van der Waals surface area contributed by atoms with Gasteiger partial charge in [0.15, 0.2) is 0 Å². The van der Waals surface area contributed by atoms with Gasteiger partial charge in [0.05, 0.1) is 10.4 Å². The van der Waals surface area contributed by atoms with Crippen molar-refractivity contribution in [1.82, 2.24) is 15.0 Å². The molecule has 7 nitrogen and oxygen atoms in total. The predicted molar refractivity (Wildman–Crippen MR) is 80.3 cm³/mol. The first-order valence-corrected chi connectivity index (χ1v) is 6.42. The van der Waals surface area contributed by atoms with Crippen molar-refractivity contribution >= 4 is 28.7 Å². The van der Waals surface area contributed by atoms with E-state index >= 15 is 0 Å². The third-order valence-electron chi connectivity index (χ3n) is 3.08. The summed E-state index contributed by atoms with van der Waals surface area (Å²) in [6.45, 7) is 0. The molecular formula is C15H10N4O3. The first-order chi connectivity index (χ1) is 10.6. The van der Waals surface area contributed by atoms with E-state index in [0.29, 0.717) is 16.6 Å².